The summed E-state index contributed by atoms with van der Waals surface area (Å²) in [6.45, 7) is 8.02. The van der Waals surface area contributed by atoms with Gasteiger partial charge in [-0.25, -0.2) is 14.8 Å². The molecule has 0 unspecified atom stereocenters. The molecule has 0 bridgehead atoms. The maximum Gasteiger partial charge on any atom is 0.416 e. The molecule has 2 amide bonds. The number of aromatic nitrogens is 2. The number of nitrogens with two attached hydrogens (primary N) is 1. The van der Waals surface area contributed by atoms with Crippen molar-refractivity contribution in [2.75, 3.05) is 61.5 Å². The summed E-state index contributed by atoms with van der Waals surface area (Å²) >= 11 is 2.15. The van der Waals surface area contributed by atoms with Crippen LogP contribution in [0.5, 0.6) is 0 Å². The number of halogens is 3. The van der Waals surface area contributed by atoms with E-state index in [0.717, 1.165) is 42.6 Å². The third-order valence-electron chi connectivity index (χ3n) is 7.40. The number of piperazine rings is 1. The molecular weight excluding hydrogens is 670 g/mol. The van der Waals surface area contributed by atoms with E-state index in [-0.39, 0.29) is 39.3 Å². The van der Waals surface area contributed by atoms with Crippen molar-refractivity contribution < 1.29 is 32.7 Å². The number of carbonyl (C=O) groups is 3. The van der Waals surface area contributed by atoms with E-state index in [4.69, 9.17) is 10.8 Å². The molecule has 5 rings (SSSR count). The zero-order valence-electron chi connectivity index (χ0n) is 26.3. The first-order chi connectivity index (χ1) is 22.8. The molecule has 0 radical (unpaired) electrons. The number of nitrogen functional groups attached to an aromatic ring is 1. The Morgan fingerprint density at radius 1 is 0.938 bits per heavy atom. The SMILES string of the molecule is CCN1CCN(Cc2ccc(NC(=O)c3ccc(C)c(NC(=O)c4cnc(NC)s4)c3)cc2C(F)(F)F)CC1.Nc1ncc(C(=O)O)s1. The standard InChI is InChI=1S/C27H31F3N6O2S.C4H4N2O2S/c1-4-35-9-11-36(12-10-35)16-19-7-8-20(14-21(19)27(28,29)30)33-24(37)18-6-5-17(2)22(13-18)34-25(38)23-15-32-26(31-3)39-23;5-4-6-1-2(9-4)3(7)8/h5-8,13-15H,4,9-12,16H2,1-3H3,(H,31,32)(H,33,37)(H,34,38);1H,(H2,5,6)(H,7,8). The molecule has 12 nitrogen and oxygen atoms in total. The molecule has 4 aromatic rings. The number of carboxylic acids is 1. The van der Waals surface area contributed by atoms with Crippen LogP contribution in [0.4, 0.5) is 34.8 Å². The van der Waals surface area contributed by atoms with Crippen LogP contribution in [0.15, 0.2) is 48.8 Å². The minimum absolute atomic E-state index is 0.0438. The molecule has 1 saturated heterocycles. The fourth-order valence-electron chi connectivity index (χ4n) is 4.73. The normalized spacial score (nSPS) is 13.7. The van der Waals surface area contributed by atoms with E-state index in [2.05, 4.69) is 37.7 Å². The number of alkyl halides is 3. The summed E-state index contributed by atoms with van der Waals surface area (Å²) < 4.78 is 41.9. The molecule has 17 heteroatoms. The lowest BCUT2D eigenvalue weighted by Gasteiger charge is -2.34. The number of rotatable bonds is 9. The molecule has 0 spiro atoms. The number of thiazole rings is 2. The molecular formula is C31H35F3N8O4S2. The van der Waals surface area contributed by atoms with E-state index in [9.17, 15) is 27.6 Å². The summed E-state index contributed by atoms with van der Waals surface area (Å²) in [6.07, 6.45) is -1.88. The van der Waals surface area contributed by atoms with Gasteiger partial charge in [-0.15, -0.1) is 0 Å². The number of carbonyl (C=O) groups excluding carboxylic acids is 2. The van der Waals surface area contributed by atoms with Gasteiger partial charge in [0.15, 0.2) is 10.3 Å². The molecule has 3 heterocycles. The molecule has 256 valence electrons. The molecule has 1 aliphatic rings. The zero-order valence-corrected chi connectivity index (χ0v) is 28.0. The Morgan fingerprint density at radius 2 is 1.62 bits per heavy atom. The first-order valence-electron chi connectivity index (χ1n) is 14.7. The Balaban J connectivity index is 0.000000500. The molecule has 0 atom stereocenters. The van der Waals surface area contributed by atoms with Gasteiger partial charge >= 0.3 is 12.1 Å². The van der Waals surface area contributed by atoms with Gasteiger partial charge in [0.05, 0.1) is 18.0 Å². The number of anilines is 4. The number of hydrogen-bond acceptors (Lipinski definition) is 11. The highest BCUT2D eigenvalue weighted by molar-refractivity contribution is 7.17. The first-order valence-corrected chi connectivity index (χ1v) is 16.4. The van der Waals surface area contributed by atoms with Gasteiger partial charge in [-0.3, -0.25) is 14.5 Å². The van der Waals surface area contributed by atoms with Crippen molar-refractivity contribution in [2.45, 2.75) is 26.6 Å². The second-order valence-corrected chi connectivity index (χ2v) is 12.8. The van der Waals surface area contributed by atoms with Crippen molar-refractivity contribution in [1.29, 1.82) is 0 Å². The van der Waals surface area contributed by atoms with Crippen LogP contribution in [0.3, 0.4) is 0 Å². The smallest absolute Gasteiger partial charge is 0.416 e. The lowest BCUT2D eigenvalue weighted by Crippen LogP contribution is -2.45. The number of carboxylic acid groups (broad SMARTS) is 1. The Labute approximate surface area is 282 Å². The summed E-state index contributed by atoms with van der Waals surface area (Å²) in [7, 11) is 1.70. The number of nitrogens with one attached hydrogen (secondary N) is 3. The van der Waals surface area contributed by atoms with Crippen molar-refractivity contribution in [3.63, 3.8) is 0 Å². The van der Waals surface area contributed by atoms with E-state index < -0.39 is 23.6 Å². The number of aryl methyl sites for hydroxylation is 1. The number of likely N-dealkylation sites (N-methyl/N-ethyl adjacent to an activating group) is 1. The van der Waals surface area contributed by atoms with Gasteiger partial charge in [-0.05, 0) is 48.9 Å². The molecule has 6 N–H and O–H groups in total. The highest BCUT2D eigenvalue weighted by Gasteiger charge is 2.34. The average Bonchev–Trinajstić information content (AvgIpc) is 3.72. The molecule has 1 fully saturated rings. The topological polar surface area (TPSA) is 166 Å². The van der Waals surface area contributed by atoms with Crippen LogP contribution in [-0.2, 0) is 12.7 Å². The lowest BCUT2D eigenvalue weighted by molar-refractivity contribution is -0.138. The lowest BCUT2D eigenvalue weighted by atomic mass is 10.0. The molecule has 0 saturated carbocycles. The Morgan fingerprint density at radius 3 is 2.19 bits per heavy atom. The molecule has 2 aromatic heterocycles. The molecule has 0 aliphatic carbocycles. The summed E-state index contributed by atoms with van der Waals surface area (Å²) in [6, 6.07) is 8.62. The monoisotopic (exact) mass is 704 g/mol. The van der Waals surface area contributed by atoms with Crippen molar-refractivity contribution in [2.24, 2.45) is 0 Å². The fraction of sp³-hybridized carbons (Fsp3) is 0.323. The van der Waals surface area contributed by atoms with E-state index in [1.807, 2.05) is 4.90 Å². The Kier molecular flexibility index (Phi) is 12.1. The highest BCUT2D eigenvalue weighted by atomic mass is 32.1. The van der Waals surface area contributed by atoms with Crippen LogP contribution in [0, 0.1) is 6.92 Å². The predicted molar refractivity (Wildman–Crippen MR) is 181 cm³/mol. The Bertz CT molecular complexity index is 1750. The van der Waals surface area contributed by atoms with Crippen molar-refractivity contribution in [3.8, 4) is 0 Å². The maximum absolute atomic E-state index is 14.0. The summed E-state index contributed by atoms with van der Waals surface area (Å²) in [5, 5.41) is 17.4. The third kappa shape index (κ3) is 9.72. The molecule has 1 aliphatic heterocycles. The van der Waals surface area contributed by atoms with Gasteiger partial charge in [-0.1, -0.05) is 41.7 Å². The summed E-state index contributed by atoms with van der Waals surface area (Å²) in [4.78, 5) is 48.2. The third-order valence-corrected chi connectivity index (χ3v) is 9.23. The number of aromatic carboxylic acids is 1. The van der Waals surface area contributed by atoms with Crippen LogP contribution >= 0.6 is 22.7 Å². The largest absolute Gasteiger partial charge is 0.477 e. The quantitative estimate of drug-likeness (QED) is 0.149. The minimum Gasteiger partial charge on any atom is -0.477 e. The van der Waals surface area contributed by atoms with Crippen LogP contribution in [0.25, 0.3) is 0 Å². The fourth-order valence-corrected chi connectivity index (χ4v) is 5.92. The highest BCUT2D eigenvalue weighted by Crippen LogP contribution is 2.35. The molecule has 2 aromatic carbocycles. The summed E-state index contributed by atoms with van der Waals surface area (Å²) in [5.74, 6) is -1.95. The minimum atomic E-state index is -4.56. The maximum atomic E-state index is 14.0. The number of nitrogens with zero attached hydrogens (tertiary/aromatic N) is 4. The van der Waals surface area contributed by atoms with Crippen LogP contribution in [0.1, 0.15) is 53.3 Å². The summed E-state index contributed by atoms with van der Waals surface area (Å²) in [5.41, 5.74) is 5.96. The van der Waals surface area contributed by atoms with Crippen LogP contribution < -0.4 is 21.7 Å². The van der Waals surface area contributed by atoms with Crippen LogP contribution in [-0.4, -0.2) is 82.4 Å². The number of amides is 2. The van der Waals surface area contributed by atoms with Gasteiger partial charge in [-0.2, -0.15) is 13.2 Å². The van der Waals surface area contributed by atoms with Crippen LogP contribution in [0.2, 0.25) is 0 Å². The van der Waals surface area contributed by atoms with E-state index in [0.29, 0.717) is 28.8 Å². The van der Waals surface area contributed by atoms with Gasteiger partial charge < -0.3 is 31.7 Å². The number of hydrogen-bond donors (Lipinski definition) is 5. The van der Waals surface area contributed by atoms with E-state index >= 15 is 0 Å². The van der Waals surface area contributed by atoms with Gasteiger partial charge in [0.25, 0.3) is 11.8 Å². The Hall–Kier alpha value is -4.58. The van der Waals surface area contributed by atoms with E-state index in [1.165, 1.54) is 41.9 Å². The second-order valence-electron chi connectivity index (χ2n) is 10.7. The van der Waals surface area contributed by atoms with Crippen molar-refractivity contribution in [3.05, 3.63) is 80.8 Å². The van der Waals surface area contributed by atoms with Gasteiger partial charge in [0, 0.05) is 56.7 Å². The second kappa shape index (κ2) is 16.0. The van der Waals surface area contributed by atoms with E-state index in [1.54, 1.807) is 26.1 Å². The number of benzene rings is 2. The van der Waals surface area contributed by atoms with Gasteiger partial charge in [0.2, 0.25) is 0 Å². The first kappa shape index (κ1) is 36.3. The predicted octanol–water partition coefficient (Wildman–Crippen LogP) is 5.58. The van der Waals surface area contributed by atoms with Gasteiger partial charge in [0.1, 0.15) is 9.75 Å². The zero-order chi connectivity index (χ0) is 35.0. The van der Waals surface area contributed by atoms with Crippen molar-refractivity contribution in [1.82, 2.24) is 19.8 Å². The average molecular weight is 705 g/mol. The molecule has 48 heavy (non-hydrogen) atoms. The van der Waals surface area contributed by atoms with Crippen molar-refractivity contribution >= 4 is 62.1 Å².